The molecule has 1 amide bonds. The molecule has 6 heteroatoms. The average Bonchev–Trinajstić information content (AvgIpc) is 3.12. The van der Waals surface area contributed by atoms with Crippen LogP contribution in [0.15, 0.2) is 47.1 Å². The number of nitrogens with one attached hydrogen (secondary N) is 1. The number of rotatable bonds is 4. The van der Waals surface area contributed by atoms with Crippen LogP contribution >= 0.6 is 23.1 Å². The highest BCUT2D eigenvalue weighted by Gasteiger charge is 2.24. The molecule has 0 aliphatic heterocycles. The summed E-state index contributed by atoms with van der Waals surface area (Å²) >= 11 is 3.09. The zero-order valence-electron chi connectivity index (χ0n) is 13.9. The van der Waals surface area contributed by atoms with Crippen molar-refractivity contribution in [1.82, 2.24) is 15.3 Å². The number of aryl methyl sites for hydroxylation is 1. The van der Waals surface area contributed by atoms with Gasteiger partial charge in [-0.25, -0.2) is 9.97 Å². The van der Waals surface area contributed by atoms with Crippen molar-refractivity contribution in [3.63, 3.8) is 0 Å². The van der Waals surface area contributed by atoms with Gasteiger partial charge in [0.25, 0.3) is 0 Å². The largest absolute Gasteiger partial charge is 0.348 e. The number of thiophene rings is 1. The van der Waals surface area contributed by atoms with Crippen molar-refractivity contribution < 1.29 is 4.79 Å². The number of hydrogen-bond acceptors (Lipinski definition) is 5. The highest BCUT2D eigenvalue weighted by atomic mass is 32.2. The Bertz CT molecular complexity index is 908. The van der Waals surface area contributed by atoms with Gasteiger partial charge in [-0.1, -0.05) is 36.0 Å². The van der Waals surface area contributed by atoms with E-state index in [1.165, 1.54) is 22.9 Å². The molecule has 128 valence electrons. The second-order valence-electron chi connectivity index (χ2n) is 6.23. The van der Waals surface area contributed by atoms with E-state index in [2.05, 4.69) is 39.6 Å². The monoisotopic (exact) mass is 369 g/mol. The third-order valence-corrected chi connectivity index (χ3v) is 6.51. The Morgan fingerprint density at radius 1 is 1.32 bits per heavy atom. The van der Waals surface area contributed by atoms with Crippen LogP contribution < -0.4 is 5.32 Å². The molecule has 25 heavy (non-hydrogen) atoms. The van der Waals surface area contributed by atoms with Gasteiger partial charge < -0.3 is 5.32 Å². The molecular weight excluding hydrogens is 350 g/mol. The lowest BCUT2D eigenvalue weighted by Gasteiger charge is -2.27. The van der Waals surface area contributed by atoms with Crippen LogP contribution in [0.4, 0.5) is 0 Å². The zero-order valence-corrected chi connectivity index (χ0v) is 15.6. The van der Waals surface area contributed by atoms with E-state index < -0.39 is 0 Å². The van der Waals surface area contributed by atoms with E-state index in [1.807, 2.05) is 18.4 Å². The van der Waals surface area contributed by atoms with Crippen LogP contribution in [0, 0.1) is 0 Å². The fourth-order valence-electron chi connectivity index (χ4n) is 3.28. The van der Waals surface area contributed by atoms with E-state index in [9.17, 15) is 4.79 Å². The summed E-state index contributed by atoms with van der Waals surface area (Å²) in [7, 11) is 0. The van der Waals surface area contributed by atoms with Gasteiger partial charge in [-0.2, -0.15) is 0 Å². The third-order valence-electron chi connectivity index (χ3n) is 4.57. The molecule has 0 fully saturated rings. The SMILES string of the molecule is C[C@@H](Sc1ncnc2sccc12)C(=O)N[C@H]1CCCc2ccccc21. The van der Waals surface area contributed by atoms with Crippen LogP contribution in [0.1, 0.15) is 36.9 Å². The van der Waals surface area contributed by atoms with Crippen molar-refractivity contribution in [3.05, 3.63) is 53.2 Å². The topological polar surface area (TPSA) is 54.9 Å². The molecule has 1 N–H and O–H groups in total. The molecule has 3 aromatic rings. The molecule has 0 radical (unpaired) electrons. The highest BCUT2D eigenvalue weighted by molar-refractivity contribution is 8.00. The maximum atomic E-state index is 12.7. The lowest BCUT2D eigenvalue weighted by molar-refractivity contribution is -0.121. The summed E-state index contributed by atoms with van der Waals surface area (Å²) in [6.45, 7) is 1.94. The molecule has 0 spiro atoms. The number of carbonyl (C=O) groups excluding carboxylic acids is 1. The second kappa shape index (κ2) is 7.14. The van der Waals surface area contributed by atoms with Crippen molar-refractivity contribution in [1.29, 1.82) is 0 Å². The first-order valence-electron chi connectivity index (χ1n) is 8.45. The van der Waals surface area contributed by atoms with Gasteiger partial charge in [-0.15, -0.1) is 11.3 Å². The smallest absolute Gasteiger partial charge is 0.233 e. The fourth-order valence-corrected chi connectivity index (χ4v) is 4.98. The van der Waals surface area contributed by atoms with Gasteiger partial charge in [0.15, 0.2) is 0 Å². The number of thioether (sulfide) groups is 1. The van der Waals surface area contributed by atoms with Gasteiger partial charge >= 0.3 is 0 Å². The molecule has 2 atom stereocenters. The fraction of sp³-hybridized carbons (Fsp3) is 0.316. The van der Waals surface area contributed by atoms with Gasteiger partial charge in [0.05, 0.1) is 11.3 Å². The van der Waals surface area contributed by atoms with E-state index in [1.54, 1.807) is 17.7 Å². The standard InChI is InChI=1S/C19H19N3OS2/c1-12(25-19-15-9-10-24-18(15)20-11-21-19)17(23)22-16-8-4-6-13-5-2-3-7-14(13)16/h2-3,5,7,9-12,16H,4,6,8H2,1H3,(H,22,23)/t12-,16+/m1/s1. The van der Waals surface area contributed by atoms with Crippen LogP contribution in [0.2, 0.25) is 0 Å². The first-order chi connectivity index (χ1) is 12.2. The van der Waals surface area contributed by atoms with Gasteiger partial charge in [-0.3, -0.25) is 4.79 Å². The third kappa shape index (κ3) is 3.41. The number of benzene rings is 1. The van der Waals surface area contributed by atoms with E-state index in [0.29, 0.717) is 0 Å². The molecule has 0 unspecified atom stereocenters. The Balaban J connectivity index is 1.47. The van der Waals surface area contributed by atoms with Gasteiger partial charge in [-0.05, 0) is 48.8 Å². The first kappa shape index (κ1) is 16.5. The average molecular weight is 370 g/mol. The molecule has 2 aromatic heterocycles. The number of nitrogens with zero attached hydrogens (tertiary/aromatic N) is 2. The van der Waals surface area contributed by atoms with E-state index >= 15 is 0 Å². The van der Waals surface area contributed by atoms with Crippen molar-refractivity contribution in [2.24, 2.45) is 0 Å². The van der Waals surface area contributed by atoms with E-state index in [-0.39, 0.29) is 17.2 Å². The summed E-state index contributed by atoms with van der Waals surface area (Å²) in [5.74, 6) is 0.0636. The van der Waals surface area contributed by atoms with Crippen molar-refractivity contribution in [3.8, 4) is 0 Å². The quantitative estimate of drug-likeness (QED) is 0.548. The molecule has 0 bridgehead atoms. The van der Waals surface area contributed by atoms with Crippen LogP contribution in [-0.2, 0) is 11.2 Å². The molecule has 0 saturated heterocycles. The molecule has 1 aromatic carbocycles. The predicted molar refractivity (Wildman–Crippen MR) is 103 cm³/mol. The molecule has 1 aliphatic rings. The molecule has 1 aliphatic carbocycles. The number of hydrogen-bond donors (Lipinski definition) is 1. The summed E-state index contributed by atoms with van der Waals surface area (Å²) in [6, 6.07) is 10.6. The second-order valence-corrected chi connectivity index (χ2v) is 8.45. The Kier molecular flexibility index (Phi) is 4.72. The van der Waals surface area contributed by atoms with Crippen LogP contribution in [0.25, 0.3) is 10.2 Å². The highest BCUT2D eigenvalue weighted by Crippen LogP contribution is 2.32. The lowest BCUT2D eigenvalue weighted by atomic mass is 9.88. The Hall–Kier alpha value is -1.92. The maximum absolute atomic E-state index is 12.7. The van der Waals surface area contributed by atoms with Crippen LogP contribution in [0.3, 0.4) is 0 Å². The first-order valence-corrected chi connectivity index (χ1v) is 10.2. The Labute approximate surface area is 155 Å². The molecule has 0 saturated carbocycles. The normalized spacial score (nSPS) is 17.9. The van der Waals surface area contributed by atoms with Crippen molar-refractivity contribution >= 4 is 39.2 Å². The molecule has 2 heterocycles. The Morgan fingerprint density at radius 2 is 2.20 bits per heavy atom. The number of amides is 1. The lowest BCUT2D eigenvalue weighted by Crippen LogP contribution is -2.35. The van der Waals surface area contributed by atoms with Crippen LogP contribution in [-0.4, -0.2) is 21.1 Å². The van der Waals surface area contributed by atoms with E-state index in [0.717, 1.165) is 34.5 Å². The minimum Gasteiger partial charge on any atom is -0.348 e. The summed E-state index contributed by atoms with van der Waals surface area (Å²) in [5.41, 5.74) is 2.62. The van der Waals surface area contributed by atoms with Crippen molar-refractivity contribution in [2.75, 3.05) is 0 Å². The molecular formula is C19H19N3OS2. The van der Waals surface area contributed by atoms with E-state index in [4.69, 9.17) is 0 Å². The zero-order chi connectivity index (χ0) is 17.2. The summed E-state index contributed by atoms with van der Waals surface area (Å²) in [4.78, 5) is 22.3. The maximum Gasteiger partial charge on any atom is 0.233 e. The minimum absolute atomic E-state index is 0.0636. The summed E-state index contributed by atoms with van der Waals surface area (Å²) < 4.78 is 0. The minimum atomic E-state index is -0.202. The van der Waals surface area contributed by atoms with Gasteiger partial charge in [0.1, 0.15) is 16.2 Å². The van der Waals surface area contributed by atoms with Crippen LogP contribution in [0.5, 0.6) is 0 Å². The number of fused-ring (bicyclic) bond motifs is 2. The number of carbonyl (C=O) groups is 1. The summed E-state index contributed by atoms with van der Waals surface area (Å²) in [6.07, 6.45) is 4.79. The number of aromatic nitrogens is 2. The van der Waals surface area contributed by atoms with Crippen molar-refractivity contribution in [2.45, 2.75) is 42.5 Å². The van der Waals surface area contributed by atoms with Gasteiger partial charge in [0, 0.05) is 5.39 Å². The molecule has 4 rings (SSSR count). The molecule has 4 nitrogen and oxygen atoms in total. The summed E-state index contributed by atoms with van der Waals surface area (Å²) in [5, 5.41) is 6.94. The Morgan fingerprint density at radius 3 is 3.12 bits per heavy atom. The van der Waals surface area contributed by atoms with Gasteiger partial charge in [0.2, 0.25) is 5.91 Å². The predicted octanol–water partition coefficient (Wildman–Crippen LogP) is 4.37.